The zero-order valence-electron chi connectivity index (χ0n) is 10.6. The second-order valence-electron chi connectivity index (χ2n) is 5.29. The first-order valence-electron chi connectivity index (χ1n) is 6.60. The fourth-order valence-corrected chi connectivity index (χ4v) is 3.00. The molecule has 3 nitrogen and oxygen atoms in total. The number of ether oxygens (including phenoxy) is 2. The molecule has 0 amide bonds. The first kappa shape index (κ1) is 13.2. The second kappa shape index (κ2) is 5.27. The summed E-state index contributed by atoms with van der Waals surface area (Å²) in [6, 6.07) is 4.93. The van der Waals surface area contributed by atoms with E-state index in [4.69, 9.17) is 21.1 Å². The smallest absolute Gasteiger partial charge is 0.147 e. The Hall–Kier alpha value is -0.840. The van der Waals surface area contributed by atoms with Gasteiger partial charge in [-0.25, -0.2) is 4.39 Å². The standard InChI is InChI=1S/C14H17ClFNO2/c15-10-1-2-13(12(16)7-10)17-11-3-5-19-14(8-11)4-6-18-9-14/h1-2,7,11,17H,3-6,8-9H2. The van der Waals surface area contributed by atoms with Gasteiger partial charge in [-0.15, -0.1) is 0 Å². The van der Waals surface area contributed by atoms with Crippen molar-refractivity contribution in [3.63, 3.8) is 0 Å². The van der Waals surface area contributed by atoms with E-state index in [9.17, 15) is 4.39 Å². The van der Waals surface area contributed by atoms with E-state index in [-0.39, 0.29) is 17.5 Å². The molecule has 2 fully saturated rings. The fraction of sp³-hybridized carbons (Fsp3) is 0.571. The van der Waals surface area contributed by atoms with Crippen LogP contribution in [0, 0.1) is 5.82 Å². The molecule has 1 aromatic rings. The third-order valence-electron chi connectivity index (χ3n) is 3.85. The summed E-state index contributed by atoms with van der Waals surface area (Å²) in [5, 5.41) is 3.67. The Bertz CT molecular complexity index is 463. The summed E-state index contributed by atoms with van der Waals surface area (Å²) in [4.78, 5) is 0. The summed E-state index contributed by atoms with van der Waals surface area (Å²) >= 11 is 5.75. The van der Waals surface area contributed by atoms with Crippen molar-refractivity contribution in [2.75, 3.05) is 25.1 Å². The Morgan fingerprint density at radius 3 is 3.00 bits per heavy atom. The predicted molar refractivity (Wildman–Crippen MR) is 72.2 cm³/mol. The van der Waals surface area contributed by atoms with Crippen molar-refractivity contribution >= 4 is 17.3 Å². The summed E-state index contributed by atoms with van der Waals surface area (Å²) in [6.45, 7) is 2.09. The van der Waals surface area contributed by atoms with Crippen molar-refractivity contribution in [3.05, 3.63) is 29.0 Å². The van der Waals surface area contributed by atoms with Crippen molar-refractivity contribution in [3.8, 4) is 0 Å². The maximum atomic E-state index is 13.8. The SMILES string of the molecule is Fc1cc(Cl)ccc1NC1CCOC2(CCOC2)C1. The molecule has 2 unspecified atom stereocenters. The number of nitrogens with one attached hydrogen (secondary N) is 1. The highest BCUT2D eigenvalue weighted by molar-refractivity contribution is 6.30. The van der Waals surface area contributed by atoms with E-state index in [1.165, 1.54) is 6.07 Å². The minimum atomic E-state index is -0.310. The average Bonchev–Trinajstić information content (AvgIpc) is 2.81. The lowest BCUT2D eigenvalue weighted by atomic mass is 9.89. The molecule has 2 atom stereocenters. The van der Waals surface area contributed by atoms with E-state index in [1.807, 2.05) is 0 Å². The van der Waals surface area contributed by atoms with Crippen LogP contribution in [0.5, 0.6) is 0 Å². The minimum Gasteiger partial charge on any atom is -0.380 e. The topological polar surface area (TPSA) is 30.5 Å². The number of benzene rings is 1. The summed E-state index contributed by atoms with van der Waals surface area (Å²) in [6.07, 6.45) is 2.66. The number of hydrogen-bond donors (Lipinski definition) is 1. The van der Waals surface area contributed by atoms with E-state index in [0.717, 1.165) is 25.9 Å². The highest BCUT2D eigenvalue weighted by Crippen LogP contribution is 2.34. The molecule has 104 valence electrons. The minimum absolute atomic E-state index is 0.168. The van der Waals surface area contributed by atoms with Crippen LogP contribution in [0.15, 0.2) is 18.2 Å². The van der Waals surface area contributed by atoms with Gasteiger partial charge in [-0.3, -0.25) is 0 Å². The van der Waals surface area contributed by atoms with E-state index >= 15 is 0 Å². The molecule has 1 aromatic carbocycles. The van der Waals surface area contributed by atoms with Crippen molar-refractivity contribution in [2.24, 2.45) is 0 Å². The van der Waals surface area contributed by atoms with Crippen LogP contribution in [0.3, 0.4) is 0 Å². The molecular formula is C14H17ClFNO2. The van der Waals surface area contributed by atoms with Crippen LogP contribution in [0.25, 0.3) is 0 Å². The largest absolute Gasteiger partial charge is 0.380 e. The maximum absolute atomic E-state index is 13.8. The molecule has 3 rings (SSSR count). The van der Waals surface area contributed by atoms with Crippen molar-refractivity contribution in [1.29, 1.82) is 0 Å². The van der Waals surface area contributed by atoms with Gasteiger partial charge < -0.3 is 14.8 Å². The number of hydrogen-bond acceptors (Lipinski definition) is 3. The van der Waals surface area contributed by atoms with E-state index in [1.54, 1.807) is 12.1 Å². The number of halogens is 2. The summed E-state index contributed by atoms with van der Waals surface area (Å²) in [5.41, 5.74) is 0.337. The zero-order chi connectivity index (χ0) is 13.3. The van der Waals surface area contributed by atoms with E-state index in [2.05, 4.69) is 5.32 Å². The molecule has 2 aliphatic heterocycles. The van der Waals surface area contributed by atoms with Gasteiger partial charge in [-0.1, -0.05) is 11.6 Å². The highest BCUT2D eigenvalue weighted by atomic mass is 35.5. The summed E-state index contributed by atoms with van der Waals surface area (Å²) in [5.74, 6) is -0.310. The van der Waals surface area contributed by atoms with Gasteiger partial charge in [-0.05, 0) is 31.0 Å². The van der Waals surface area contributed by atoms with Crippen LogP contribution >= 0.6 is 11.6 Å². The molecule has 0 bridgehead atoms. The van der Waals surface area contributed by atoms with E-state index in [0.29, 0.717) is 23.9 Å². The van der Waals surface area contributed by atoms with Crippen LogP contribution in [0.1, 0.15) is 19.3 Å². The Morgan fingerprint density at radius 2 is 2.26 bits per heavy atom. The van der Waals surface area contributed by atoms with E-state index < -0.39 is 0 Å². The number of rotatable bonds is 2. The molecule has 0 radical (unpaired) electrons. The van der Waals surface area contributed by atoms with Crippen molar-refractivity contribution in [2.45, 2.75) is 30.9 Å². The van der Waals surface area contributed by atoms with Crippen LogP contribution in [-0.2, 0) is 9.47 Å². The molecule has 1 N–H and O–H groups in total. The van der Waals surface area contributed by atoms with Gasteiger partial charge >= 0.3 is 0 Å². The zero-order valence-corrected chi connectivity index (χ0v) is 11.4. The highest BCUT2D eigenvalue weighted by Gasteiger charge is 2.41. The van der Waals surface area contributed by atoms with Crippen LogP contribution in [-0.4, -0.2) is 31.5 Å². The first-order chi connectivity index (χ1) is 9.17. The lowest BCUT2D eigenvalue weighted by Gasteiger charge is -2.37. The van der Waals surface area contributed by atoms with Crippen LogP contribution in [0.4, 0.5) is 10.1 Å². The lowest BCUT2D eigenvalue weighted by molar-refractivity contribution is -0.0828. The molecule has 0 saturated carbocycles. The van der Waals surface area contributed by atoms with Gasteiger partial charge in [-0.2, -0.15) is 0 Å². The van der Waals surface area contributed by atoms with Crippen LogP contribution < -0.4 is 5.32 Å². The normalized spacial score (nSPS) is 30.7. The molecule has 5 heteroatoms. The third kappa shape index (κ3) is 2.86. The Kier molecular flexibility index (Phi) is 3.65. The van der Waals surface area contributed by atoms with Crippen LogP contribution in [0.2, 0.25) is 5.02 Å². The van der Waals surface area contributed by atoms with Gasteiger partial charge in [0.25, 0.3) is 0 Å². The molecule has 2 saturated heterocycles. The second-order valence-corrected chi connectivity index (χ2v) is 5.73. The van der Waals surface area contributed by atoms with Gasteiger partial charge in [0.15, 0.2) is 0 Å². The third-order valence-corrected chi connectivity index (χ3v) is 4.09. The predicted octanol–water partition coefficient (Wildman–Crippen LogP) is 3.23. The van der Waals surface area contributed by atoms with Gasteiger partial charge in [0, 0.05) is 30.7 Å². The molecule has 1 spiro atoms. The monoisotopic (exact) mass is 285 g/mol. The Morgan fingerprint density at radius 1 is 1.37 bits per heavy atom. The molecule has 2 aliphatic rings. The fourth-order valence-electron chi connectivity index (χ4n) is 2.84. The molecule has 19 heavy (non-hydrogen) atoms. The quantitative estimate of drug-likeness (QED) is 0.905. The maximum Gasteiger partial charge on any atom is 0.147 e. The van der Waals surface area contributed by atoms with Crippen molar-refractivity contribution < 1.29 is 13.9 Å². The summed E-state index contributed by atoms with van der Waals surface area (Å²) in [7, 11) is 0. The van der Waals surface area contributed by atoms with Gasteiger partial charge in [0.1, 0.15) is 5.82 Å². The molecule has 0 aliphatic carbocycles. The van der Waals surface area contributed by atoms with Gasteiger partial charge in [0.05, 0.1) is 17.9 Å². The molecular weight excluding hydrogens is 269 g/mol. The number of anilines is 1. The van der Waals surface area contributed by atoms with Gasteiger partial charge in [0.2, 0.25) is 0 Å². The average molecular weight is 286 g/mol. The van der Waals surface area contributed by atoms with Crippen molar-refractivity contribution in [1.82, 2.24) is 0 Å². The summed E-state index contributed by atoms with van der Waals surface area (Å²) < 4.78 is 25.1. The molecule has 2 heterocycles. The Labute approximate surface area is 117 Å². The molecule has 0 aromatic heterocycles. The lowest BCUT2D eigenvalue weighted by Crippen LogP contribution is -2.45. The Balaban J connectivity index is 1.69. The first-order valence-corrected chi connectivity index (χ1v) is 6.98.